The summed E-state index contributed by atoms with van der Waals surface area (Å²) >= 11 is 0. The van der Waals surface area contributed by atoms with Gasteiger partial charge in [0.2, 0.25) is 0 Å². The molecule has 1 N–H and O–H groups in total. The van der Waals surface area contributed by atoms with Gasteiger partial charge in [-0.15, -0.1) is 0 Å². The molecule has 2 unspecified atom stereocenters. The molecular formula is C27H33FNO5P. The zero-order chi connectivity index (χ0) is 25.4. The van der Waals surface area contributed by atoms with Crippen LogP contribution >= 0.6 is 8.03 Å². The number of ether oxygens (including phenoxy) is 1. The van der Waals surface area contributed by atoms with E-state index < -0.39 is 20.1 Å². The van der Waals surface area contributed by atoms with Gasteiger partial charge < -0.3 is 14.4 Å². The molecule has 0 saturated heterocycles. The fourth-order valence-electron chi connectivity index (χ4n) is 4.31. The van der Waals surface area contributed by atoms with Crippen LogP contribution in [-0.4, -0.2) is 35.4 Å². The van der Waals surface area contributed by atoms with Crippen LogP contribution in [0.25, 0.3) is 11.1 Å². The lowest BCUT2D eigenvalue weighted by atomic mass is 9.84. The number of nitrogens with zero attached hydrogens (tertiary/aromatic N) is 1. The summed E-state index contributed by atoms with van der Waals surface area (Å²) in [4.78, 5) is 17.1. The predicted octanol–water partition coefficient (Wildman–Crippen LogP) is 5.78. The summed E-state index contributed by atoms with van der Waals surface area (Å²) in [6.07, 6.45) is 6.65. The maximum absolute atomic E-state index is 13.6. The van der Waals surface area contributed by atoms with Crippen molar-refractivity contribution in [2.45, 2.75) is 70.3 Å². The van der Waals surface area contributed by atoms with Gasteiger partial charge in [0.1, 0.15) is 11.9 Å². The van der Waals surface area contributed by atoms with Crippen molar-refractivity contribution in [3.05, 3.63) is 53.1 Å². The second-order valence-electron chi connectivity index (χ2n) is 9.19. The number of halogens is 1. The van der Waals surface area contributed by atoms with Crippen molar-refractivity contribution in [2.24, 2.45) is 0 Å². The Hall–Kier alpha value is -2.52. The van der Waals surface area contributed by atoms with Crippen molar-refractivity contribution >= 4 is 14.0 Å². The zero-order valence-corrected chi connectivity index (χ0v) is 21.5. The molecule has 3 rings (SSSR count). The summed E-state index contributed by atoms with van der Waals surface area (Å²) in [5, 5.41) is 9.88. The summed E-state index contributed by atoms with van der Waals surface area (Å²) < 4.78 is 34.8. The lowest BCUT2D eigenvalue weighted by Crippen LogP contribution is -2.17. The first-order chi connectivity index (χ1) is 16.8. The highest BCUT2D eigenvalue weighted by Crippen LogP contribution is 2.37. The third-order valence-corrected chi connectivity index (χ3v) is 7.43. The van der Waals surface area contributed by atoms with E-state index in [1.54, 1.807) is 12.1 Å². The average molecular weight is 502 g/mol. The number of esters is 1. The van der Waals surface area contributed by atoms with Gasteiger partial charge >= 0.3 is 5.97 Å². The molecule has 1 heterocycles. The van der Waals surface area contributed by atoms with Gasteiger partial charge in [0.25, 0.3) is 0 Å². The van der Waals surface area contributed by atoms with Crippen LogP contribution < -0.4 is 0 Å². The van der Waals surface area contributed by atoms with Gasteiger partial charge in [-0.1, -0.05) is 45.2 Å². The van der Waals surface area contributed by atoms with E-state index in [1.807, 2.05) is 19.9 Å². The van der Waals surface area contributed by atoms with E-state index in [0.29, 0.717) is 11.5 Å². The van der Waals surface area contributed by atoms with E-state index in [4.69, 9.17) is 9.72 Å². The number of hydrogen-bond acceptors (Lipinski definition) is 6. The second kappa shape index (κ2) is 13.0. The van der Waals surface area contributed by atoms with Crippen LogP contribution in [0.15, 0.2) is 30.3 Å². The molecule has 6 nitrogen and oxygen atoms in total. The number of aromatic nitrogens is 1. The smallest absolute Gasteiger partial charge is 0.322 e. The summed E-state index contributed by atoms with van der Waals surface area (Å²) in [6, 6.07) is 8.29. The minimum absolute atomic E-state index is 0.0613. The Morgan fingerprint density at radius 3 is 2.54 bits per heavy atom. The molecule has 0 spiro atoms. The largest absolute Gasteiger partial charge is 0.392 e. The molecule has 1 aliphatic carbocycles. The zero-order valence-electron chi connectivity index (χ0n) is 20.5. The number of carbonyl (C=O) groups is 1. The number of carbonyl (C=O) groups excluding carboxylic acids is 1. The normalized spacial score (nSPS) is 15.8. The van der Waals surface area contributed by atoms with E-state index in [-0.39, 0.29) is 24.3 Å². The summed E-state index contributed by atoms with van der Waals surface area (Å²) in [6.45, 7) is 4.07. The Morgan fingerprint density at radius 2 is 1.91 bits per heavy atom. The fraction of sp³-hybridized carbons (Fsp3) is 0.481. The first-order valence-electron chi connectivity index (χ1n) is 12.0. The molecule has 1 aliphatic rings. The monoisotopic (exact) mass is 501 g/mol. The average Bonchev–Trinajstić information content (AvgIpc) is 2.84. The number of pyridine rings is 1. The molecule has 188 valence electrons. The van der Waals surface area contributed by atoms with Crippen LogP contribution in [-0.2, 0) is 18.6 Å². The van der Waals surface area contributed by atoms with Gasteiger partial charge in [0.15, 0.2) is 8.03 Å². The fourth-order valence-corrected chi connectivity index (χ4v) is 5.01. The Labute approximate surface area is 207 Å². The maximum Gasteiger partial charge on any atom is 0.322 e. The molecular weight excluding hydrogens is 468 g/mol. The number of hydrogen-bond donors (Lipinski definition) is 1. The standard InChI is InChI=1S/C27H33FNO5P/c1-18(2)27-23(13-14-34-26(31)15-22(30)17-35(32)33-3)24(19-9-11-21(28)12-10-19)16-25(29-27)20-7-5-4-6-8-20/h9-12,16,18,20,22,30,35H,4-8,15,17H2,1-3H3. The highest BCUT2D eigenvalue weighted by atomic mass is 31.1. The first kappa shape index (κ1) is 27.1. The molecule has 0 amide bonds. The Bertz CT molecular complexity index is 1100. The van der Waals surface area contributed by atoms with Gasteiger partial charge in [-0.3, -0.25) is 14.3 Å². The first-order valence-corrected chi connectivity index (χ1v) is 13.6. The topological polar surface area (TPSA) is 85.7 Å². The van der Waals surface area contributed by atoms with Crippen molar-refractivity contribution < 1.29 is 28.1 Å². The van der Waals surface area contributed by atoms with Gasteiger partial charge in [-0.2, -0.15) is 0 Å². The number of benzene rings is 1. The molecule has 1 saturated carbocycles. The molecule has 1 fully saturated rings. The second-order valence-corrected chi connectivity index (χ2v) is 10.8. The van der Waals surface area contributed by atoms with E-state index in [2.05, 4.69) is 16.6 Å². The minimum Gasteiger partial charge on any atom is -0.392 e. The third kappa shape index (κ3) is 7.73. The lowest BCUT2D eigenvalue weighted by Gasteiger charge is -2.24. The van der Waals surface area contributed by atoms with E-state index >= 15 is 0 Å². The Kier molecular flexibility index (Phi) is 10.0. The molecule has 8 heteroatoms. The molecule has 0 bridgehead atoms. The predicted molar refractivity (Wildman–Crippen MR) is 134 cm³/mol. The van der Waals surface area contributed by atoms with Crippen molar-refractivity contribution in [1.29, 1.82) is 0 Å². The van der Waals surface area contributed by atoms with Crippen LogP contribution in [0.3, 0.4) is 0 Å². The van der Waals surface area contributed by atoms with Crippen LogP contribution in [0.2, 0.25) is 0 Å². The summed E-state index contributed by atoms with van der Waals surface area (Å²) in [5.74, 6) is 2.34. The summed E-state index contributed by atoms with van der Waals surface area (Å²) in [5.41, 5.74) is 4.08. The third-order valence-electron chi connectivity index (χ3n) is 6.17. The molecule has 35 heavy (non-hydrogen) atoms. The number of aliphatic hydroxyl groups excluding tert-OH is 1. The van der Waals surface area contributed by atoms with Crippen molar-refractivity contribution in [3.8, 4) is 23.2 Å². The Balaban J connectivity index is 1.94. The molecule has 0 aliphatic heterocycles. The summed E-state index contributed by atoms with van der Waals surface area (Å²) in [7, 11) is -1.09. The molecule has 1 aromatic carbocycles. The minimum atomic E-state index is -2.38. The van der Waals surface area contributed by atoms with Gasteiger partial charge in [-0.05, 0) is 48.4 Å². The maximum atomic E-state index is 13.6. The number of aliphatic hydroxyl groups is 1. The van der Waals surface area contributed by atoms with Crippen LogP contribution in [0.4, 0.5) is 4.39 Å². The molecule has 0 radical (unpaired) electrons. The van der Waals surface area contributed by atoms with E-state index in [9.17, 15) is 18.9 Å². The van der Waals surface area contributed by atoms with E-state index in [1.165, 1.54) is 38.5 Å². The lowest BCUT2D eigenvalue weighted by molar-refractivity contribution is -0.138. The van der Waals surface area contributed by atoms with Crippen LogP contribution in [0, 0.1) is 17.8 Å². The highest BCUT2D eigenvalue weighted by Gasteiger charge is 2.22. The highest BCUT2D eigenvalue weighted by molar-refractivity contribution is 7.39. The quantitative estimate of drug-likeness (QED) is 0.280. The van der Waals surface area contributed by atoms with Crippen LogP contribution in [0.5, 0.6) is 0 Å². The number of rotatable bonds is 8. The SMILES string of the molecule is CO[PH](=O)CC(O)CC(=O)OC#Cc1c(-c2ccc(F)cc2)cc(C2CCCCC2)nc1C(C)C. The van der Waals surface area contributed by atoms with Gasteiger partial charge in [0, 0.05) is 30.4 Å². The van der Waals surface area contributed by atoms with Crippen molar-refractivity contribution in [1.82, 2.24) is 4.98 Å². The molecule has 1 aromatic heterocycles. The van der Waals surface area contributed by atoms with Crippen molar-refractivity contribution in [3.63, 3.8) is 0 Å². The Morgan fingerprint density at radius 1 is 1.23 bits per heavy atom. The van der Waals surface area contributed by atoms with Gasteiger partial charge in [-0.25, -0.2) is 4.39 Å². The van der Waals surface area contributed by atoms with Crippen molar-refractivity contribution in [2.75, 3.05) is 13.3 Å². The van der Waals surface area contributed by atoms with Gasteiger partial charge in [0.05, 0.1) is 23.8 Å². The van der Waals surface area contributed by atoms with E-state index in [0.717, 1.165) is 35.4 Å². The molecule has 2 aromatic rings. The van der Waals surface area contributed by atoms with Crippen LogP contribution in [0.1, 0.15) is 81.2 Å². The molecule has 2 atom stereocenters.